The first kappa shape index (κ1) is 9.51. The molecule has 4 atom stereocenters. The van der Waals surface area contributed by atoms with Crippen molar-refractivity contribution in [3.63, 3.8) is 0 Å². The van der Waals surface area contributed by atoms with Gasteiger partial charge in [-0.15, -0.1) is 0 Å². The lowest BCUT2D eigenvalue weighted by atomic mass is 9.77. The molecule has 0 spiro atoms. The van der Waals surface area contributed by atoms with Crippen molar-refractivity contribution in [1.29, 1.82) is 0 Å². The van der Waals surface area contributed by atoms with Crippen molar-refractivity contribution in [2.24, 2.45) is 11.8 Å². The van der Waals surface area contributed by atoms with Crippen LogP contribution in [0, 0.1) is 11.8 Å². The standard InChI is InChI=1S/C12H23N/c1-3-10-5-7-12(10)13-11-6-4-9(2)8-11/h9-13H,3-8H2,1-2H3. The molecule has 0 aromatic rings. The van der Waals surface area contributed by atoms with E-state index in [0.717, 1.165) is 23.9 Å². The van der Waals surface area contributed by atoms with Gasteiger partial charge in [0.2, 0.25) is 0 Å². The Morgan fingerprint density at radius 3 is 2.46 bits per heavy atom. The second kappa shape index (κ2) is 4.00. The van der Waals surface area contributed by atoms with Crippen LogP contribution in [0.2, 0.25) is 0 Å². The SMILES string of the molecule is CCC1CCC1NC1CCC(C)C1. The van der Waals surface area contributed by atoms with Gasteiger partial charge in [-0.2, -0.15) is 0 Å². The zero-order valence-corrected chi connectivity index (χ0v) is 9.05. The van der Waals surface area contributed by atoms with Crippen molar-refractivity contribution in [1.82, 2.24) is 5.32 Å². The van der Waals surface area contributed by atoms with E-state index in [9.17, 15) is 0 Å². The van der Waals surface area contributed by atoms with Crippen LogP contribution in [0.15, 0.2) is 0 Å². The van der Waals surface area contributed by atoms with Crippen LogP contribution < -0.4 is 5.32 Å². The summed E-state index contributed by atoms with van der Waals surface area (Å²) in [5.41, 5.74) is 0. The van der Waals surface area contributed by atoms with E-state index in [2.05, 4.69) is 19.2 Å². The Hall–Kier alpha value is -0.0400. The molecule has 0 radical (unpaired) electrons. The first-order chi connectivity index (χ1) is 6.29. The van der Waals surface area contributed by atoms with E-state index in [1.165, 1.54) is 38.5 Å². The van der Waals surface area contributed by atoms with Crippen LogP contribution in [0.4, 0.5) is 0 Å². The van der Waals surface area contributed by atoms with Crippen molar-refractivity contribution >= 4 is 0 Å². The van der Waals surface area contributed by atoms with Gasteiger partial charge >= 0.3 is 0 Å². The Morgan fingerprint density at radius 1 is 1.15 bits per heavy atom. The van der Waals surface area contributed by atoms with Gasteiger partial charge in [0.15, 0.2) is 0 Å². The van der Waals surface area contributed by atoms with E-state index in [-0.39, 0.29) is 0 Å². The van der Waals surface area contributed by atoms with E-state index in [1.54, 1.807) is 0 Å². The zero-order valence-electron chi connectivity index (χ0n) is 9.05. The lowest BCUT2D eigenvalue weighted by molar-refractivity contribution is 0.186. The molecule has 76 valence electrons. The van der Waals surface area contributed by atoms with Crippen LogP contribution in [-0.4, -0.2) is 12.1 Å². The fraction of sp³-hybridized carbons (Fsp3) is 1.00. The third kappa shape index (κ3) is 2.07. The summed E-state index contributed by atoms with van der Waals surface area (Å²) in [6.07, 6.45) is 8.57. The second-order valence-electron chi connectivity index (χ2n) is 5.13. The van der Waals surface area contributed by atoms with Crippen molar-refractivity contribution in [3.05, 3.63) is 0 Å². The smallest absolute Gasteiger partial charge is 0.00979 e. The first-order valence-electron chi connectivity index (χ1n) is 6.05. The highest BCUT2D eigenvalue weighted by atomic mass is 15.0. The minimum absolute atomic E-state index is 0.856. The Morgan fingerprint density at radius 2 is 2.00 bits per heavy atom. The summed E-state index contributed by atoms with van der Waals surface area (Å²) in [7, 11) is 0. The molecule has 0 aliphatic heterocycles. The second-order valence-corrected chi connectivity index (χ2v) is 5.13. The van der Waals surface area contributed by atoms with Crippen LogP contribution in [0.5, 0.6) is 0 Å². The Kier molecular flexibility index (Phi) is 2.92. The van der Waals surface area contributed by atoms with Crippen LogP contribution >= 0.6 is 0 Å². The third-order valence-corrected chi connectivity index (χ3v) is 4.09. The highest BCUT2D eigenvalue weighted by Crippen LogP contribution is 2.33. The van der Waals surface area contributed by atoms with Crippen molar-refractivity contribution in [3.8, 4) is 0 Å². The third-order valence-electron chi connectivity index (χ3n) is 4.09. The fourth-order valence-corrected chi connectivity index (χ4v) is 2.94. The molecule has 1 nitrogen and oxygen atoms in total. The van der Waals surface area contributed by atoms with Crippen molar-refractivity contribution in [2.75, 3.05) is 0 Å². The van der Waals surface area contributed by atoms with Crippen LogP contribution in [-0.2, 0) is 0 Å². The average molecular weight is 181 g/mol. The molecule has 1 N–H and O–H groups in total. The summed E-state index contributed by atoms with van der Waals surface area (Å²) >= 11 is 0. The minimum Gasteiger partial charge on any atom is -0.311 e. The summed E-state index contributed by atoms with van der Waals surface area (Å²) in [6, 6.07) is 1.73. The van der Waals surface area contributed by atoms with Gasteiger partial charge < -0.3 is 5.32 Å². The molecule has 13 heavy (non-hydrogen) atoms. The molecule has 1 heteroatoms. The van der Waals surface area contributed by atoms with E-state index in [4.69, 9.17) is 0 Å². The quantitative estimate of drug-likeness (QED) is 0.706. The molecule has 0 amide bonds. The predicted octanol–water partition coefficient (Wildman–Crippen LogP) is 2.95. The first-order valence-corrected chi connectivity index (χ1v) is 6.05. The molecule has 0 heterocycles. The molecule has 4 unspecified atom stereocenters. The molecule has 2 saturated carbocycles. The molecule has 2 fully saturated rings. The van der Waals surface area contributed by atoms with Gasteiger partial charge in [0.25, 0.3) is 0 Å². The van der Waals surface area contributed by atoms with Gasteiger partial charge in [-0.05, 0) is 43.9 Å². The summed E-state index contributed by atoms with van der Waals surface area (Å²) in [5, 5.41) is 3.85. The molecular weight excluding hydrogens is 158 g/mol. The normalized spacial score (nSPS) is 44.8. The van der Waals surface area contributed by atoms with Gasteiger partial charge in [-0.1, -0.05) is 20.3 Å². The number of hydrogen-bond donors (Lipinski definition) is 1. The number of rotatable bonds is 3. The molecule has 2 rings (SSSR count). The van der Waals surface area contributed by atoms with Crippen LogP contribution in [0.25, 0.3) is 0 Å². The predicted molar refractivity (Wildman–Crippen MR) is 56.7 cm³/mol. The summed E-state index contributed by atoms with van der Waals surface area (Å²) in [6.45, 7) is 4.72. The molecule has 2 aliphatic rings. The van der Waals surface area contributed by atoms with Gasteiger partial charge in [-0.3, -0.25) is 0 Å². The zero-order chi connectivity index (χ0) is 9.26. The summed E-state index contributed by atoms with van der Waals surface area (Å²) < 4.78 is 0. The van der Waals surface area contributed by atoms with Gasteiger partial charge in [0.1, 0.15) is 0 Å². The van der Waals surface area contributed by atoms with Crippen molar-refractivity contribution < 1.29 is 0 Å². The van der Waals surface area contributed by atoms with Crippen molar-refractivity contribution in [2.45, 2.75) is 64.5 Å². The van der Waals surface area contributed by atoms with Gasteiger partial charge in [0.05, 0.1) is 0 Å². The fourth-order valence-electron chi connectivity index (χ4n) is 2.94. The van der Waals surface area contributed by atoms with Gasteiger partial charge in [0, 0.05) is 12.1 Å². The molecule has 0 aromatic heterocycles. The maximum Gasteiger partial charge on any atom is 0.00979 e. The number of nitrogens with one attached hydrogen (secondary N) is 1. The summed E-state index contributed by atoms with van der Waals surface area (Å²) in [5.74, 6) is 1.97. The lowest BCUT2D eigenvalue weighted by Crippen LogP contribution is -2.47. The maximum atomic E-state index is 3.85. The highest BCUT2D eigenvalue weighted by molar-refractivity contribution is 4.90. The average Bonchev–Trinajstić information content (AvgIpc) is 2.46. The van der Waals surface area contributed by atoms with Crippen LogP contribution in [0.3, 0.4) is 0 Å². The highest BCUT2D eigenvalue weighted by Gasteiger charge is 2.32. The summed E-state index contributed by atoms with van der Waals surface area (Å²) in [4.78, 5) is 0. The number of hydrogen-bond acceptors (Lipinski definition) is 1. The topological polar surface area (TPSA) is 12.0 Å². The Bertz CT molecular complexity index is 165. The maximum absolute atomic E-state index is 3.85. The molecule has 2 aliphatic carbocycles. The van der Waals surface area contributed by atoms with E-state index in [1.807, 2.05) is 0 Å². The lowest BCUT2D eigenvalue weighted by Gasteiger charge is -2.38. The molecule has 0 aromatic carbocycles. The molecular formula is C12H23N. The largest absolute Gasteiger partial charge is 0.311 e. The van der Waals surface area contributed by atoms with Crippen LogP contribution in [0.1, 0.15) is 52.4 Å². The monoisotopic (exact) mass is 181 g/mol. The Balaban J connectivity index is 1.72. The molecule has 0 saturated heterocycles. The molecule has 0 bridgehead atoms. The Labute approximate surface area is 82.3 Å². The minimum atomic E-state index is 0.856. The van der Waals surface area contributed by atoms with E-state index >= 15 is 0 Å². The van der Waals surface area contributed by atoms with E-state index < -0.39 is 0 Å². The van der Waals surface area contributed by atoms with Gasteiger partial charge in [-0.25, -0.2) is 0 Å². The van der Waals surface area contributed by atoms with E-state index in [0.29, 0.717) is 0 Å².